The van der Waals surface area contributed by atoms with E-state index in [1.807, 2.05) is 38.2 Å². The molecule has 0 aromatic heterocycles. The smallest absolute Gasteiger partial charge is 0.255 e. The normalized spacial score (nSPS) is 10.8. The van der Waals surface area contributed by atoms with Gasteiger partial charge in [-0.1, -0.05) is 31.9 Å². The topological polar surface area (TPSA) is 32.7 Å². The van der Waals surface area contributed by atoms with E-state index in [0.29, 0.717) is 5.56 Å². The Morgan fingerprint density at radius 3 is 2.72 bits per heavy atom. The van der Waals surface area contributed by atoms with Crippen LogP contribution in [0.1, 0.15) is 43.5 Å². The first-order valence-electron chi connectivity index (χ1n) is 6.53. The number of carbonyl (C=O) groups is 1. The van der Waals surface area contributed by atoms with Crippen LogP contribution in [0.4, 0.5) is 5.69 Å². The molecule has 3 heteroatoms. The molecule has 1 rings (SSSR count). The van der Waals surface area contributed by atoms with Crippen LogP contribution in [0, 0.1) is 0 Å². The van der Waals surface area contributed by atoms with Crippen LogP contribution in [0.15, 0.2) is 29.3 Å². The average molecular weight is 246 g/mol. The summed E-state index contributed by atoms with van der Waals surface area (Å²) >= 11 is 0. The predicted octanol–water partition coefficient (Wildman–Crippen LogP) is 3.67. The molecule has 0 saturated heterocycles. The van der Waals surface area contributed by atoms with Gasteiger partial charge in [0.15, 0.2) is 0 Å². The van der Waals surface area contributed by atoms with Crippen molar-refractivity contribution in [3.8, 4) is 0 Å². The van der Waals surface area contributed by atoms with Gasteiger partial charge < -0.3 is 4.90 Å². The fourth-order valence-electron chi connectivity index (χ4n) is 1.81. The summed E-state index contributed by atoms with van der Waals surface area (Å²) in [6.45, 7) is 4.82. The SMILES string of the molecule is CC=Nc1ccccc1C(=O)N(C)CCCCC. The highest BCUT2D eigenvalue weighted by atomic mass is 16.2. The molecule has 0 unspecified atom stereocenters. The van der Waals surface area contributed by atoms with E-state index in [9.17, 15) is 4.79 Å². The third-order valence-electron chi connectivity index (χ3n) is 2.85. The van der Waals surface area contributed by atoms with Crippen molar-refractivity contribution < 1.29 is 4.79 Å². The molecule has 0 atom stereocenters. The fourth-order valence-corrected chi connectivity index (χ4v) is 1.81. The molecule has 1 aromatic rings. The summed E-state index contributed by atoms with van der Waals surface area (Å²) in [5.41, 5.74) is 1.42. The molecule has 0 radical (unpaired) electrons. The number of para-hydroxylation sites is 1. The molecule has 18 heavy (non-hydrogen) atoms. The Morgan fingerprint density at radius 1 is 1.33 bits per heavy atom. The second kappa shape index (κ2) is 7.64. The van der Waals surface area contributed by atoms with Crippen molar-refractivity contribution in [3.63, 3.8) is 0 Å². The second-order valence-electron chi connectivity index (χ2n) is 4.34. The van der Waals surface area contributed by atoms with Gasteiger partial charge in [-0.25, -0.2) is 0 Å². The highest BCUT2D eigenvalue weighted by Gasteiger charge is 2.14. The minimum absolute atomic E-state index is 0.0484. The maximum Gasteiger partial charge on any atom is 0.255 e. The first kappa shape index (κ1) is 14.4. The van der Waals surface area contributed by atoms with E-state index < -0.39 is 0 Å². The molecule has 0 heterocycles. The van der Waals surface area contributed by atoms with E-state index in [1.54, 1.807) is 11.1 Å². The Balaban J connectivity index is 2.76. The van der Waals surface area contributed by atoms with Crippen LogP contribution in [0.25, 0.3) is 0 Å². The number of rotatable bonds is 6. The van der Waals surface area contributed by atoms with Gasteiger partial charge in [0, 0.05) is 19.8 Å². The first-order chi connectivity index (χ1) is 8.70. The Hall–Kier alpha value is -1.64. The Bertz CT molecular complexity index is 413. The minimum Gasteiger partial charge on any atom is -0.342 e. The van der Waals surface area contributed by atoms with Crippen molar-refractivity contribution in [3.05, 3.63) is 29.8 Å². The molecule has 1 aromatic carbocycles. The first-order valence-corrected chi connectivity index (χ1v) is 6.53. The van der Waals surface area contributed by atoms with Gasteiger partial charge in [0.2, 0.25) is 0 Å². The van der Waals surface area contributed by atoms with E-state index in [-0.39, 0.29) is 5.91 Å². The van der Waals surface area contributed by atoms with Crippen LogP contribution >= 0.6 is 0 Å². The predicted molar refractivity (Wildman–Crippen MR) is 76.8 cm³/mol. The van der Waals surface area contributed by atoms with Gasteiger partial charge in [0.05, 0.1) is 11.3 Å². The summed E-state index contributed by atoms with van der Waals surface area (Å²) in [6, 6.07) is 7.48. The van der Waals surface area contributed by atoms with Crippen molar-refractivity contribution >= 4 is 17.8 Å². The summed E-state index contributed by atoms with van der Waals surface area (Å²) in [4.78, 5) is 18.3. The van der Waals surface area contributed by atoms with Crippen LogP contribution in [0.2, 0.25) is 0 Å². The Labute approximate surface area is 110 Å². The molecule has 1 amide bonds. The van der Waals surface area contributed by atoms with Crippen LogP contribution in [0.5, 0.6) is 0 Å². The second-order valence-corrected chi connectivity index (χ2v) is 4.34. The number of aliphatic imine (C=N–C) groups is 1. The number of benzene rings is 1. The van der Waals surface area contributed by atoms with Gasteiger partial charge in [-0.2, -0.15) is 0 Å². The molecule has 0 spiro atoms. The van der Waals surface area contributed by atoms with Crippen LogP contribution < -0.4 is 0 Å². The molecular weight excluding hydrogens is 224 g/mol. The summed E-state index contributed by atoms with van der Waals surface area (Å²) in [5, 5.41) is 0. The largest absolute Gasteiger partial charge is 0.342 e. The molecule has 0 bridgehead atoms. The monoisotopic (exact) mass is 246 g/mol. The van der Waals surface area contributed by atoms with E-state index in [1.165, 1.54) is 6.42 Å². The quantitative estimate of drug-likeness (QED) is 0.557. The number of nitrogens with zero attached hydrogens (tertiary/aromatic N) is 2. The lowest BCUT2D eigenvalue weighted by Crippen LogP contribution is -2.27. The third-order valence-corrected chi connectivity index (χ3v) is 2.85. The third kappa shape index (κ3) is 3.99. The van der Waals surface area contributed by atoms with Gasteiger partial charge in [0.1, 0.15) is 0 Å². The number of unbranched alkanes of at least 4 members (excludes halogenated alkanes) is 2. The lowest BCUT2D eigenvalue weighted by Gasteiger charge is -2.17. The summed E-state index contributed by atoms with van der Waals surface area (Å²) in [5.74, 6) is 0.0484. The molecule has 98 valence electrons. The maximum atomic E-state index is 12.3. The van der Waals surface area contributed by atoms with Crippen LogP contribution in [-0.4, -0.2) is 30.6 Å². The molecule has 0 aliphatic carbocycles. The molecule has 0 fully saturated rings. The Kier molecular flexibility index (Phi) is 6.12. The van der Waals surface area contributed by atoms with Crippen LogP contribution in [-0.2, 0) is 0 Å². The van der Waals surface area contributed by atoms with Crippen molar-refractivity contribution in [1.82, 2.24) is 4.90 Å². The minimum atomic E-state index is 0.0484. The van der Waals surface area contributed by atoms with Gasteiger partial charge in [-0.05, 0) is 25.5 Å². The molecule has 0 aliphatic rings. The number of hydrogen-bond donors (Lipinski definition) is 0. The van der Waals surface area contributed by atoms with Crippen molar-refractivity contribution in [2.45, 2.75) is 33.1 Å². The molecule has 3 nitrogen and oxygen atoms in total. The van der Waals surface area contributed by atoms with Crippen LogP contribution in [0.3, 0.4) is 0 Å². The zero-order valence-corrected chi connectivity index (χ0v) is 11.5. The van der Waals surface area contributed by atoms with Gasteiger partial charge in [-0.15, -0.1) is 0 Å². The highest BCUT2D eigenvalue weighted by molar-refractivity contribution is 5.99. The lowest BCUT2D eigenvalue weighted by atomic mass is 10.1. The van der Waals surface area contributed by atoms with E-state index in [0.717, 1.165) is 25.1 Å². The van der Waals surface area contributed by atoms with Gasteiger partial charge >= 0.3 is 0 Å². The zero-order chi connectivity index (χ0) is 13.4. The van der Waals surface area contributed by atoms with E-state index >= 15 is 0 Å². The van der Waals surface area contributed by atoms with Crippen molar-refractivity contribution in [2.24, 2.45) is 4.99 Å². The van der Waals surface area contributed by atoms with Gasteiger partial charge in [0.25, 0.3) is 5.91 Å². The number of amides is 1. The maximum absolute atomic E-state index is 12.3. The Morgan fingerprint density at radius 2 is 2.06 bits per heavy atom. The van der Waals surface area contributed by atoms with E-state index in [2.05, 4.69) is 11.9 Å². The molecule has 0 saturated carbocycles. The van der Waals surface area contributed by atoms with Crippen molar-refractivity contribution in [2.75, 3.05) is 13.6 Å². The summed E-state index contributed by atoms with van der Waals surface area (Å²) in [7, 11) is 1.85. The molecule has 0 N–H and O–H groups in total. The molecule has 0 aliphatic heterocycles. The molecular formula is C15H22N2O. The summed E-state index contributed by atoms with van der Waals surface area (Å²) in [6.07, 6.45) is 5.09. The number of carbonyl (C=O) groups excluding carboxylic acids is 1. The zero-order valence-electron chi connectivity index (χ0n) is 11.5. The average Bonchev–Trinajstić information content (AvgIpc) is 2.39. The van der Waals surface area contributed by atoms with E-state index in [4.69, 9.17) is 0 Å². The number of hydrogen-bond acceptors (Lipinski definition) is 2. The van der Waals surface area contributed by atoms with Crippen molar-refractivity contribution in [1.29, 1.82) is 0 Å². The highest BCUT2D eigenvalue weighted by Crippen LogP contribution is 2.19. The van der Waals surface area contributed by atoms with Gasteiger partial charge in [-0.3, -0.25) is 9.79 Å². The standard InChI is InChI=1S/C15H22N2O/c1-4-6-9-12-17(3)15(18)13-10-7-8-11-14(13)16-5-2/h5,7-8,10-11H,4,6,9,12H2,1-3H3. The lowest BCUT2D eigenvalue weighted by molar-refractivity contribution is 0.0793. The summed E-state index contributed by atoms with van der Waals surface area (Å²) < 4.78 is 0. The fraction of sp³-hybridized carbons (Fsp3) is 0.467.